The average Bonchev–Trinajstić information content (AvgIpc) is 2.73. The fourth-order valence-corrected chi connectivity index (χ4v) is 1.47. The Morgan fingerprint density at radius 1 is 1.71 bits per heavy atom. The van der Waals surface area contributed by atoms with Crippen LogP contribution in [0.15, 0.2) is 6.33 Å². The van der Waals surface area contributed by atoms with Gasteiger partial charge in [0.1, 0.15) is 12.4 Å². The molecule has 1 fully saturated rings. The van der Waals surface area contributed by atoms with Gasteiger partial charge in [-0.25, -0.2) is 9.78 Å². The second kappa shape index (κ2) is 4.37. The van der Waals surface area contributed by atoms with Crippen molar-refractivity contribution in [2.45, 2.75) is 25.2 Å². The lowest BCUT2D eigenvalue weighted by Gasteiger charge is -2.33. The minimum absolute atomic E-state index is 0.0470. The number of nitrogens with one attached hydrogen (secondary N) is 2. The van der Waals surface area contributed by atoms with Gasteiger partial charge in [0.05, 0.1) is 19.1 Å². The molecule has 92 valence electrons. The summed E-state index contributed by atoms with van der Waals surface area (Å²) in [7, 11) is 0. The molecule has 0 unspecified atom stereocenters. The van der Waals surface area contributed by atoms with Crippen LogP contribution < -0.4 is 16.4 Å². The summed E-state index contributed by atoms with van der Waals surface area (Å²) in [6.45, 7) is 0.471. The molecule has 5 N–H and O–H groups in total. The van der Waals surface area contributed by atoms with E-state index in [1.807, 2.05) is 0 Å². The van der Waals surface area contributed by atoms with E-state index < -0.39 is 12.1 Å². The van der Waals surface area contributed by atoms with Gasteiger partial charge in [0.25, 0.3) is 0 Å². The summed E-state index contributed by atoms with van der Waals surface area (Å²) in [6.07, 6.45) is 0.338. The molecule has 1 saturated heterocycles. The van der Waals surface area contributed by atoms with Crippen molar-refractivity contribution >= 4 is 12.0 Å². The van der Waals surface area contributed by atoms with Crippen LogP contribution >= 0.6 is 0 Å². The molecule has 0 aliphatic carbocycles. The number of nitrogens with two attached hydrogens (primary N) is 1. The zero-order valence-electron chi connectivity index (χ0n) is 8.83. The highest BCUT2D eigenvalue weighted by molar-refractivity contribution is 5.88. The van der Waals surface area contributed by atoms with Gasteiger partial charge in [0.15, 0.2) is 5.82 Å². The number of aromatic nitrogens is 3. The number of carboxylic acid groups (broad SMARTS) is 1. The molecule has 9 heteroatoms. The number of carbonyl (C=O) groups is 2. The molecule has 1 aromatic rings. The van der Waals surface area contributed by atoms with E-state index in [4.69, 9.17) is 10.8 Å². The van der Waals surface area contributed by atoms with Crippen molar-refractivity contribution in [2.24, 2.45) is 5.73 Å². The lowest BCUT2D eigenvalue weighted by molar-refractivity contribution is -0.130. The normalized spacial score (nSPS) is 22.8. The van der Waals surface area contributed by atoms with Crippen molar-refractivity contribution in [2.75, 3.05) is 0 Å². The molecular weight excluding hydrogens is 228 g/mol. The Balaban J connectivity index is 1.86. The van der Waals surface area contributed by atoms with Gasteiger partial charge in [0.2, 0.25) is 5.91 Å². The molecule has 0 radical (unpaired) electrons. The highest BCUT2D eigenvalue weighted by Gasteiger charge is 2.36. The SMILES string of the molecule is N[C@@H]1C(=O)N[C@@H]1Cn1cnc(CNC(=O)O)n1. The standard InChI is InChI=1S/C8H12N6O3/c9-6-4(12-7(6)15)2-14-3-11-5(13-14)1-10-8(16)17/h3-4,6,10H,1-2,9H2,(H,12,15)(H,16,17)/t4-,6+/m1/s1. The Labute approximate surface area is 96.0 Å². The van der Waals surface area contributed by atoms with E-state index in [2.05, 4.69) is 20.7 Å². The monoisotopic (exact) mass is 240 g/mol. The molecule has 2 heterocycles. The van der Waals surface area contributed by atoms with E-state index in [0.29, 0.717) is 12.4 Å². The Hall–Kier alpha value is -2.16. The zero-order valence-corrected chi connectivity index (χ0v) is 8.83. The second-order valence-corrected chi connectivity index (χ2v) is 3.68. The third-order valence-corrected chi connectivity index (χ3v) is 2.43. The first-order valence-corrected chi connectivity index (χ1v) is 4.97. The van der Waals surface area contributed by atoms with E-state index in [1.165, 1.54) is 11.0 Å². The molecule has 1 aromatic heterocycles. The number of nitrogens with zero attached hydrogens (tertiary/aromatic N) is 3. The smallest absolute Gasteiger partial charge is 0.405 e. The van der Waals surface area contributed by atoms with Crippen molar-refractivity contribution < 1.29 is 14.7 Å². The molecule has 0 aromatic carbocycles. The maximum Gasteiger partial charge on any atom is 0.405 e. The first kappa shape index (κ1) is 11.3. The van der Waals surface area contributed by atoms with Gasteiger partial charge in [-0.2, -0.15) is 5.10 Å². The minimum Gasteiger partial charge on any atom is -0.465 e. The lowest BCUT2D eigenvalue weighted by Crippen LogP contribution is -2.67. The molecule has 2 amide bonds. The Morgan fingerprint density at radius 2 is 2.47 bits per heavy atom. The highest BCUT2D eigenvalue weighted by atomic mass is 16.4. The number of carbonyl (C=O) groups excluding carboxylic acids is 1. The van der Waals surface area contributed by atoms with E-state index in [-0.39, 0.29) is 18.5 Å². The van der Waals surface area contributed by atoms with Gasteiger partial charge in [-0.1, -0.05) is 0 Å². The predicted molar refractivity (Wildman–Crippen MR) is 54.8 cm³/mol. The van der Waals surface area contributed by atoms with Crippen LogP contribution in [0.25, 0.3) is 0 Å². The van der Waals surface area contributed by atoms with Crippen molar-refractivity contribution in [3.8, 4) is 0 Å². The minimum atomic E-state index is -1.13. The number of β-lactam (4-membered cyclic amide) rings is 1. The third-order valence-electron chi connectivity index (χ3n) is 2.43. The first-order chi connectivity index (χ1) is 8.06. The Morgan fingerprint density at radius 3 is 3.06 bits per heavy atom. The van der Waals surface area contributed by atoms with Crippen LogP contribution in [-0.4, -0.2) is 44.0 Å². The molecular formula is C8H12N6O3. The quantitative estimate of drug-likeness (QED) is 0.444. The highest BCUT2D eigenvalue weighted by Crippen LogP contribution is 2.05. The predicted octanol–water partition coefficient (Wildman–Crippen LogP) is -2.13. The van der Waals surface area contributed by atoms with E-state index in [0.717, 1.165) is 0 Å². The largest absolute Gasteiger partial charge is 0.465 e. The van der Waals surface area contributed by atoms with Crippen LogP contribution in [0.3, 0.4) is 0 Å². The molecule has 0 spiro atoms. The average molecular weight is 240 g/mol. The molecule has 17 heavy (non-hydrogen) atoms. The Kier molecular flexibility index (Phi) is 2.91. The van der Waals surface area contributed by atoms with Crippen molar-refractivity contribution in [3.63, 3.8) is 0 Å². The summed E-state index contributed by atoms with van der Waals surface area (Å²) >= 11 is 0. The van der Waals surface area contributed by atoms with Crippen LogP contribution in [0, 0.1) is 0 Å². The number of hydrogen-bond donors (Lipinski definition) is 4. The van der Waals surface area contributed by atoms with Gasteiger partial charge in [-0.05, 0) is 0 Å². The third kappa shape index (κ3) is 2.50. The lowest BCUT2D eigenvalue weighted by atomic mass is 10.0. The molecule has 0 bridgehead atoms. The van der Waals surface area contributed by atoms with Crippen LogP contribution in [0.5, 0.6) is 0 Å². The van der Waals surface area contributed by atoms with Crippen LogP contribution in [0.4, 0.5) is 4.79 Å². The van der Waals surface area contributed by atoms with Crippen molar-refractivity contribution in [1.29, 1.82) is 0 Å². The van der Waals surface area contributed by atoms with Crippen LogP contribution in [0.1, 0.15) is 5.82 Å². The molecule has 1 aliphatic heterocycles. The molecule has 2 atom stereocenters. The maximum atomic E-state index is 10.9. The fraction of sp³-hybridized carbons (Fsp3) is 0.500. The molecule has 0 saturated carbocycles. The maximum absolute atomic E-state index is 10.9. The zero-order chi connectivity index (χ0) is 12.4. The molecule has 2 rings (SSSR count). The topological polar surface area (TPSA) is 135 Å². The van der Waals surface area contributed by atoms with Crippen LogP contribution in [0.2, 0.25) is 0 Å². The summed E-state index contributed by atoms with van der Waals surface area (Å²) in [5.41, 5.74) is 5.56. The molecule has 9 nitrogen and oxygen atoms in total. The van der Waals surface area contributed by atoms with Crippen molar-refractivity contribution in [1.82, 2.24) is 25.4 Å². The van der Waals surface area contributed by atoms with Gasteiger partial charge in [-0.15, -0.1) is 0 Å². The van der Waals surface area contributed by atoms with E-state index >= 15 is 0 Å². The second-order valence-electron chi connectivity index (χ2n) is 3.68. The van der Waals surface area contributed by atoms with Gasteiger partial charge in [0, 0.05) is 0 Å². The summed E-state index contributed by atoms with van der Waals surface area (Å²) in [5.74, 6) is 0.189. The summed E-state index contributed by atoms with van der Waals surface area (Å²) in [6, 6.07) is -0.663. The van der Waals surface area contributed by atoms with Crippen molar-refractivity contribution in [3.05, 3.63) is 12.2 Å². The summed E-state index contributed by atoms with van der Waals surface area (Å²) in [5, 5.41) is 17.2. The summed E-state index contributed by atoms with van der Waals surface area (Å²) < 4.78 is 1.52. The fourth-order valence-electron chi connectivity index (χ4n) is 1.47. The number of hydrogen-bond acceptors (Lipinski definition) is 5. The molecule has 1 aliphatic rings. The van der Waals surface area contributed by atoms with Gasteiger partial charge >= 0.3 is 6.09 Å². The van der Waals surface area contributed by atoms with Gasteiger partial charge in [-0.3, -0.25) is 9.48 Å². The van der Waals surface area contributed by atoms with E-state index in [1.54, 1.807) is 0 Å². The summed E-state index contributed by atoms with van der Waals surface area (Å²) in [4.78, 5) is 25.0. The Bertz CT molecular complexity index is 444. The number of rotatable bonds is 4. The number of amides is 2. The van der Waals surface area contributed by atoms with E-state index in [9.17, 15) is 9.59 Å². The van der Waals surface area contributed by atoms with Gasteiger partial charge < -0.3 is 21.5 Å². The first-order valence-electron chi connectivity index (χ1n) is 4.97. The van der Waals surface area contributed by atoms with Crippen LogP contribution in [-0.2, 0) is 17.9 Å².